The second-order valence-corrected chi connectivity index (χ2v) is 3.64. The van der Waals surface area contributed by atoms with Gasteiger partial charge in [-0.2, -0.15) is 0 Å². The SMILES string of the molecule is O=[N+]([O-])c1cc(Cl)ccc1NC1=NCCN1. The van der Waals surface area contributed by atoms with Crippen LogP contribution in [0.4, 0.5) is 11.4 Å². The van der Waals surface area contributed by atoms with Gasteiger partial charge in [0.25, 0.3) is 5.69 Å². The van der Waals surface area contributed by atoms with Gasteiger partial charge >= 0.3 is 0 Å². The van der Waals surface area contributed by atoms with E-state index in [1.165, 1.54) is 6.07 Å². The highest BCUT2D eigenvalue weighted by molar-refractivity contribution is 6.31. The Morgan fingerprint density at radius 1 is 1.56 bits per heavy atom. The third-order valence-electron chi connectivity index (χ3n) is 2.08. The Hall–Kier alpha value is -1.82. The van der Waals surface area contributed by atoms with Crippen LogP contribution in [-0.2, 0) is 0 Å². The number of anilines is 1. The Morgan fingerprint density at radius 3 is 3.00 bits per heavy atom. The van der Waals surface area contributed by atoms with Gasteiger partial charge in [0.05, 0.1) is 11.5 Å². The van der Waals surface area contributed by atoms with Gasteiger partial charge in [0.1, 0.15) is 5.69 Å². The molecule has 1 heterocycles. The fourth-order valence-corrected chi connectivity index (χ4v) is 1.54. The minimum atomic E-state index is -0.482. The first kappa shape index (κ1) is 10.7. The molecule has 0 radical (unpaired) electrons. The summed E-state index contributed by atoms with van der Waals surface area (Å²) in [6, 6.07) is 4.45. The van der Waals surface area contributed by atoms with Crippen LogP contribution in [0.2, 0.25) is 5.02 Å². The van der Waals surface area contributed by atoms with Gasteiger partial charge in [0.2, 0.25) is 0 Å². The summed E-state index contributed by atoms with van der Waals surface area (Å²) in [5.74, 6) is 0.547. The van der Waals surface area contributed by atoms with Crippen LogP contribution in [0.3, 0.4) is 0 Å². The number of hydrogen-bond acceptors (Lipinski definition) is 5. The average molecular weight is 241 g/mol. The molecule has 0 saturated carbocycles. The number of nitro groups is 1. The lowest BCUT2D eigenvalue weighted by Gasteiger charge is -2.07. The number of nitro benzene ring substituents is 1. The molecule has 0 fully saturated rings. The number of halogens is 1. The third-order valence-corrected chi connectivity index (χ3v) is 2.32. The van der Waals surface area contributed by atoms with Crippen molar-refractivity contribution >= 4 is 28.9 Å². The summed E-state index contributed by atoms with van der Waals surface area (Å²) in [7, 11) is 0. The molecular weight excluding hydrogens is 232 g/mol. The number of benzene rings is 1. The summed E-state index contributed by atoms with van der Waals surface area (Å²) in [5, 5.41) is 17.0. The van der Waals surface area contributed by atoms with Crippen LogP contribution < -0.4 is 10.6 Å². The van der Waals surface area contributed by atoms with Crippen molar-refractivity contribution < 1.29 is 4.92 Å². The Bertz CT molecular complexity index is 461. The van der Waals surface area contributed by atoms with Crippen molar-refractivity contribution in [3.05, 3.63) is 33.3 Å². The Morgan fingerprint density at radius 2 is 2.38 bits per heavy atom. The molecule has 0 bridgehead atoms. The highest BCUT2D eigenvalue weighted by Gasteiger charge is 2.16. The van der Waals surface area contributed by atoms with Gasteiger partial charge in [-0.15, -0.1) is 0 Å². The highest BCUT2D eigenvalue weighted by Crippen LogP contribution is 2.27. The first-order chi connectivity index (χ1) is 7.66. The van der Waals surface area contributed by atoms with E-state index in [9.17, 15) is 10.1 Å². The molecule has 7 heteroatoms. The molecule has 0 atom stereocenters. The molecule has 1 aliphatic heterocycles. The number of nitrogens with one attached hydrogen (secondary N) is 2. The van der Waals surface area contributed by atoms with Crippen LogP contribution in [0.25, 0.3) is 0 Å². The van der Waals surface area contributed by atoms with Gasteiger partial charge in [-0.1, -0.05) is 11.6 Å². The fourth-order valence-electron chi connectivity index (χ4n) is 1.37. The number of nitrogens with zero attached hydrogens (tertiary/aromatic N) is 2. The predicted octanol–water partition coefficient (Wildman–Crippen LogP) is 1.62. The second-order valence-electron chi connectivity index (χ2n) is 3.20. The van der Waals surface area contributed by atoms with E-state index in [0.717, 1.165) is 6.54 Å². The van der Waals surface area contributed by atoms with E-state index in [4.69, 9.17) is 11.6 Å². The Kier molecular flexibility index (Phi) is 2.91. The van der Waals surface area contributed by atoms with E-state index in [0.29, 0.717) is 23.2 Å². The number of hydrogen-bond donors (Lipinski definition) is 2. The van der Waals surface area contributed by atoms with Crippen LogP contribution >= 0.6 is 11.6 Å². The zero-order chi connectivity index (χ0) is 11.5. The molecule has 1 aliphatic rings. The molecule has 0 unspecified atom stereocenters. The molecule has 84 valence electrons. The normalized spacial score (nSPS) is 14.2. The van der Waals surface area contributed by atoms with Crippen LogP contribution in [-0.4, -0.2) is 24.0 Å². The summed E-state index contributed by atoms with van der Waals surface area (Å²) in [4.78, 5) is 14.4. The minimum absolute atomic E-state index is 0.0658. The molecule has 0 aromatic heterocycles. The highest BCUT2D eigenvalue weighted by atomic mass is 35.5. The van der Waals surface area contributed by atoms with E-state index >= 15 is 0 Å². The molecule has 0 aliphatic carbocycles. The van der Waals surface area contributed by atoms with Crippen molar-refractivity contribution in [1.82, 2.24) is 5.32 Å². The largest absolute Gasteiger partial charge is 0.354 e. The van der Waals surface area contributed by atoms with Gasteiger partial charge in [-0.05, 0) is 12.1 Å². The molecule has 6 nitrogen and oxygen atoms in total. The van der Waals surface area contributed by atoms with E-state index in [2.05, 4.69) is 15.6 Å². The first-order valence-corrected chi connectivity index (χ1v) is 5.04. The summed E-state index contributed by atoms with van der Waals surface area (Å²) in [6.07, 6.45) is 0. The first-order valence-electron chi connectivity index (χ1n) is 4.66. The van der Waals surface area contributed by atoms with Gasteiger partial charge in [-0.25, -0.2) is 0 Å². The van der Waals surface area contributed by atoms with Crippen LogP contribution in [0.15, 0.2) is 23.2 Å². The monoisotopic (exact) mass is 240 g/mol. The van der Waals surface area contributed by atoms with Gasteiger partial charge in [0, 0.05) is 17.6 Å². The van der Waals surface area contributed by atoms with Crippen molar-refractivity contribution in [3.8, 4) is 0 Å². The lowest BCUT2D eigenvalue weighted by molar-refractivity contribution is -0.383. The zero-order valence-corrected chi connectivity index (χ0v) is 8.99. The Balaban J connectivity index is 2.28. The molecule has 16 heavy (non-hydrogen) atoms. The fraction of sp³-hybridized carbons (Fsp3) is 0.222. The molecule has 2 rings (SSSR count). The molecule has 0 spiro atoms. The van der Waals surface area contributed by atoms with E-state index < -0.39 is 4.92 Å². The summed E-state index contributed by atoms with van der Waals surface area (Å²) in [6.45, 7) is 1.41. The zero-order valence-electron chi connectivity index (χ0n) is 8.24. The number of rotatable bonds is 2. The average Bonchev–Trinajstić information content (AvgIpc) is 2.73. The van der Waals surface area contributed by atoms with Gasteiger partial charge in [0.15, 0.2) is 5.96 Å². The quantitative estimate of drug-likeness (QED) is 0.608. The van der Waals surface area contributed by atoms with Gasteiger partial charge < -0.3 is 10.6 Å². The predicted molar refractivity (Wildman–Crippen MR) is 62.0 cm³/mol. The lowest BCUT2D eigenvalue weighted by Crippen LogP contribution is -2.26. The molecule has 1 aromatic carbocycles. The maximum atomic E-state index is 10.8. The van der Waals surface area contributed by atoms with Crippen LogP contribution in [0, 0.1) is 10.1 Å². The number of aliphatic imine (C=N–C) groups is 1. The maximum absolute atomic E-state index is 10.8. The molecule has 0 saturated heterocycles. The van der Waals surface area contributed by atoms with E-state index in [-0.39, 0.29) is 5.69 Å². The minimum Gasteiger partial charge on any atom is -0.354 e. The second kappa shape index (κ2) is 4.36. The molecule has 1 aromatic rings. The van der Waals surface area contributed by atoms with Crippen molar-refractivity contribution in [2.24, 2.45) is 4.99 Å². The maximum Gasteiger partial charge on any atom is 0.294 e. The molecular formula is C9H9ClN4O2. The van der Waals surface area contributed by atoms with Crippen LogP contribution in [0.5, 0.6) is 0 Å². The third kappa shape index (κ3) is 2.22. The van der Waals surface area contributed by atoms with Gasteiger partial charge in [-0.3, -0.25) is 15.1 Å². The summed E-state index contributed by atoms with van der Waals surface area (Å²) in [5.41, 5.74) is 0.312. The molecule has 0 amide bonds. The standard InChI is InChI=1S/C9H9ClN4O2/c10-6-1-2-7(8(5-6)14(15)16)13-9-11-3-4-12-9/h1-2,5H,3-4H2,(H2,11,12,13). The number of guanidine groups is 1. The van der Waals surface area contributed by atoms with Crippen molar-refractivity contribution in [2.45, 2.75) is 0 Å². The lowest BCUT2D eigenvalue weighted by atomic mass is 10.2. The smallest absolute Gasteiger partial charge is 0.294 e. The molecule has 2 N–H and O–H groups in total. The van der Waals surface area contributed by atoms with E-state index in [1.807, 2.05) is 0 Å². The van der Waals surface area contributed by atoms with Crippen molar-refractivity contribution in [3.63, 3.8) is 0 Å². The summed E-state index contributed by atoms with van der Waals surface area (Å²) < 4.78 is 0. The summed E-state index contributed by atoms with van der Waals surface area (Å²) >= 11 is 5.70. The van der Waals surface area contributed by atoms with Crippen LogP contribution in [0.1, 0.15) is 0 Å². The Labute approximate surface area is 96.5 Å². The topological polar surface area (TPSA) is 79.6 Å². The van der Waals surface area contributed by atoms with E-state index in [1.54, 1.807) is 12.1 Å². The van der Waals surface area contributed by atoms with Crippen molar-refractivity contribution in [1.29, 1.82) is 0 Å². The van der Waals surface area contributed by atoms with Crippen molar-refractivity contribution in [2.75, 3.05) is 18.4 Å².